The van der Waals surface area contributed by atoms with Crippen LogP contribution in [0.5, 0.6) is 0 Å². The molecule has 27 heavy (non-hydrogen) atoms. The van der Waals surface area contributed by atoms with E-state index >= 15 is 0 Å². The van der Waals surface area contributed by atoms with Gasteiger partial charge in [0, 0.05) is 30.7 Å². The Kier molecular flexibility index (Phi) is 13.0. The predicted octanol–water partition coefficient (Wildman–Crippen LogP) is 4.36. The predicted molar refractivity (Wildman–Crippen MR) is 119 cm³/mol. The molecule has 0 spiro atoms. The van der Waals surface area contributed by atoms with Crippen LogP contribution in [0.3, 0.4) is 0 Å². The Balaban J connectivity index is 0.00000338. The molecule has 0 aromatic heterocycles. The monoisotopic (exact) mass is 417 g/mol. The molecule has 0 saturated carbocycles. The van der Waals surface area contributed by atoms with Gasteiger partial charge in [0.15, 0.2) is 0 Å². The molecular formula is C21H37Cl2N3O. The van der Waals surface area contributed by atoms with Gasteiger partial charge in [-0.25, -0.2) is 0 Å². The van der Waals surface area contributed by atoms with Crippen molar-refractivity contribution in [3.05, 3.63) is 35.4 Å². The van der Waals surface area contributed by atoms with E-state index in [1.54, 1.807) is 0 Å². The molecule has 1 N–H and O–H groups in total. The normalized spacial score (nSPS) is 14.6. The van der Waals surface area contributed by atoms with Gasteiger partial charge >= 0.3 is 0 Å². The molecular weight excluding hydrogens is 381 g/mol. The molecule has 1 saturated heterocycles. The third-order valence-electron chi connectivity index (χ3n) is 5.20. The summed E-state index contributed by atoms with van der Waals surface area (Å²) in [5.41, 5.74) is 2.10. The zero-order chi connectivity index (χ0) is 18.2. The average Bonchev–Trinajstić information content (AvgIpc) is 2.64. The minimum atomic E-state index is 0. The lowest BCUT2D eigenvalue weighted by atomic mass is 10.0. The Morgan fingerprint density at radius 2 is 1.70 bits per heavy atom. The maximum Gasteiger partial charge on any atom is 0.254 e. The fourth-order valence-electron chi connectivity index (χ4n) is 3.62. The van der Waals surface area contributed by atoms with E-state index in [2.05, 4.69) is 54.9 Å². The summed E-state index contributed by atoms with van der Waals surface area (Å²) in [7, 11) is 0. The molecule has 2 rings (SSSR count). The summed E-state index contributed by atoms with van der Waals surface area (Å²) in [5, 5.41) is 3.39. The number of halogens is 2. The van der Waals surface area contributed by atoms with E-state index in [9.17, 15) is 4.79 Å². The van der Waals surface area contributed by atoms with Crippen molar-refractivity contribution in [2.45, 2.75) is 65.6 Å². The summed E-state index contributed by atoms with van der Waals surface area (Å²) < 4.78 is 0. The molecule has 1 aliphatic heterocycles. The summed E-state index contributed by atoms with van der Waals surface area (Å²) in [6.07, 6.45) is 3.13. The zero-order valence-corrected chi connectivity index (χ0v) is 18.9. The summed E-state index contributed by atoms with van der Waals surface area (Å²) in [6.45, 7) is 13.6. The molecule has 1 fully saturated rings. The van der Waals surface area contributed by atoms with Gasteiger partial charge in [0.1, 0.15) is 0 Å². The van der Waals surface area contributed by atoms with E-state index in [1.165, 1.54) is 5.56 Å². The molecule has 0 aliphatic carbocycles. The smallest absolute Gasteiger partial charge is 0.254 e. The molecule has 1 amide bonds. The van der Waals surface area contributed by atoms with Crippen molar-refractivity contribution in [3.63, 3.8) is 0 Å². The van der Waals surface area contributed by atoms with Crippen molar-refractivity contribution >= 4 is 30.7 Å². The minimum Gasteiger partial charge on any atom is -0.336 e. The Labute approximate surface area is 177 Å². The van der Waals surface area contributed by atoms with E-state index < -0.39 is 0 Å². The van der Waals surface area contributed by atoms with Crippen LogP contribution in [0.25, 0.3) is 0 Å². The number of piperidine rings is 1. The molecule has 4 nitrogen and oxygen atoms in total. The standard InChI is InChI=1S/C21H35N3O.2ClH/c1-5-15-24(20-11-13-22-14-12-20)21(25)19-9-7-18(8-10-19)16-23(6-2)17(3)4;;/h7-10,17,20,22H,5-6,11-16H2,1-4H3;2*1H. The molecule has 0 unspecified atom stereocenters. The highest BCUT2D eigenvalue weighted by atomic mass is 35.5. The van der Waals surface area contributed by atoms with Crippen LogP contribution in [0.2, 0.25) is 0 Å². The molecule has 0 bridgehead atoms. The second-order valence-corrected chi connectivity index (χ2v) is 7.33. The number of hydrogen-bond acceptors (Lipinski definition) is 3. The third-order valence-corrected chi connectivity index (χ3v) is 5.20. The van der Waals surface area contributed by atoms with Crippen molar-refractivity contribution in [2.75, 3.05) is 26.2 Å². The van der Waals surface area contributed by atoms with Gasteiger partial charge in [-0.05, 0) is 70.4 Å². The number of nitrogens with zero attached hydrogens (tertiary/aromatic N) is 2. The van der Waals surface area contributed by atoms with Gasteiger partial charge in [-0.3, -0.25) is 9.69 Å². The summed E-state index contributed by atoms with van der Waals surface area (Å²) >= 11 is 0. The first kappa shape index (κ1) is 26.2. The number of amides is 1. The first-order valence-corrected chi connectivity index (χ1v) is 9.91. The lowest BCUT2D eigenvalue weighted by molar-refractivity contribution is 0.0642. The van der Waals surface area contributed by atoms with Crippen LogP contribution >= 0.6 is 24.8 Å². The van der Waals surface area contributed by atoms with Crippen LogP contribution in [0.1, 0.15) is 62.9 Å². The highest BCUT2D eigenvalue weighted by Crippen LogP contribution is 2.17. The van der Waals surface area contributed by atoms with Crippen molar-refractivity contribution in [3.8, 4) is 0 Å². The van der Waals surface area contributed by atoms with Crippen molar-refractivity contribution in [2.24, 2.45) is 0 Å². The Morgan fingerprint density at radius 1 is 1.11 bits per heavy atom. The molecule has 1 aromatic rings. The summed E-state index contributed by atoms with van der Waals surface area (Å²) in [5.74, 6) is 0.191. The fraction of sp³-hybridized carbons (Fsp3) is 0.667. The molecule has 0 atom stereocenters. The SMILES string of the molecule is CCCN(C(=O)c1ccc(CN(CC)C(C)C)cc1)C1CCNCC1.Cl.Cl. The maximum atomic E-state index is 13.0. The second-order valence-electron chi connectivity index (χ2n) is 7.33. The number of hydrogen-bond donors (Lipinski definition) is 1. The number of rotatable bonds is 8. The number of carbonyl (C=O) groups is 1. The minimum absolute atomic E-state index is 0. The lowest BCUT2D eigenvalue weighted by Gasteiger charge is -2.34. The van der Waals surface area contributed by atoms with Crippen LogP contribution in [0.4, 0.5) is 0 Å². The van der Waals surface area contributed by atoms with Gasteiger partial charge in [0.25, 0.3) is 5.91 Å². The van der Waals surface area contributed by atoms with Gasteiger partial charge in [0.05, 0.1) is 0 Å². The van der Waals surface area contributed by atoms with Gasteiger partial charge in [-0.1, -0.05) is 26.0 Å². The Morgan fingerprint density at radius 3 is 2.19 bits per heavy atom. The molecule has 1 aromatic carbocycles. The highest BCUT2D eigenvalue weighted by molar-refractivity contribution is 5.94. The van der Waals surface area contributed by atoms with Gasteiger partial charge in [0.2, 0.25) is 0 Å². The van der Waals surface area contributed by atoms with Crippen LogP contribution in [-0.2, 0) is 6.54 Å². The maximum absolute atomic E-state index is 13.0. The van der Waals surface area contributed by atoms with Crippen molar-refractivity contribution in [1.82, 2.24) is 15.1 Å². The first-order chi connectivity index (χ1) is 12.1. The van der Waals surface area contributed by atoms with E-state index in [-0.39, 0.29) is 30.7 Å². The quantitative estimate of drug-likeness (QED) is 0.681. The Bertz CT molecular complexity index is 531. The average molecular weight is 418 g/mol. The third kappa shape index (κ3) is 7.61. The lowest BCUT2D eigenvalue weighted by Crippen LogP contribution is -2.46. The second kappa shape index (κ2) is 13.4. The van der Waals surface area contributed by atoms with E-state index in [0.717, 1.165) is 57.5 Å². The van der Waals surface area contributed by atoms with Crippen molar-refractivity contribution in [1.29, 1.82) is 0 Å². The van der Waals surface area contributed by atoms with E-state index in [0.29, 0.717) is 12.1 Å². The zero-order valence-electron chi connectivity index (χ0n) is 17.2. The van der Waals surface area contributed by atoms with Crippen molar-refractivity contribution < 1.29 is 4.79 Å². The van der Waals surface area contributed by atoms with Crippen LogP contribution in [0.15, 0.2) is 24.3 Å². The van der Waals surface area contributed by atoms with Crippen LogP contribution in [0, 0.1) is 0 Å². The molecule has 0 radical (unpaired) electrons. The van der Waals surface area contributed by atoms with Gasteiger partial charge < -0.3 is 10.2 Å². The van der Waals surface area contributed by atoms with E-state index in [1.807, 2.05) is 12.1 Å². The van der Waals surface area contributed by atoms with Gasteiger partial charge in [-0.2, -0.15) is 0 Å². The molecule has 1 heterocycles. The van der Waals surface area contributed by atoms with E-state index in [4.69, 9.17) is 0 Å². The van der Waals surface area contributed by atoms with Crippen LogP contribution in [-0.4, -0.2) is 54.0 Å². The highest BCUT2D eigenvalue weighted by Gasteiger charge is 2.25. The number of nitrogens with one attached hydrogen (secondary N) is 1. The molecule has 156 valence electrons. The topological polar surface area (TPSA) is 35.6 Å². The fourth-order valence-corrected chi connectivity index (χ4v) is 3.62. The number of benzene rings is 1. The van der Waals surface area contributed by atoms with Gasteiger partial charge in [-0.15, -0.1) is 24.8 Å². The number of carbonyl (C=O) groups excluding carboxylic acids is 1. The molecule has 6 heteroatoms. The summed E-state index contributed by atoms with van der Waals surface area (Å²) in [4.78, 5) is 17.6. The summed E-state index contributed by atoms with van der Waals surface area (Å²) in [6, 6.07) is 9.16. The molecule has 1 aliphatic rings. The Hall–Kier alpha value is -0.810. The van der Waals surface area contributed by atoms with Crippen LogP contribution < -0.4 is 5.32 Å². The first-order valence-electron chi connectivity index (χ1n) is 9.91. The largest absolute Gasteiger partial charge is 0.336 e.